The molecule has 3 rings (SSSR count). The number of rotatable bonds is 2. The van der Waals surface area contributed by atoms with E-state index in [1.807, 2.05) is 0 Å². The Hall–Kier alpha value is -2.25. The molecule has 0 fully saturated rings. The molecule has 1 amide bonds. The zero-order chi connectivity index (χ0) is 14.1. The van der Waals surface area contributed by atoms with Crippen LogP contribution in [0.25, 0.3) is 11.2 Å². The minimum absolute atomic E-state index is 0.0625. The van der Waals surface area contributed by atoms with Crippen LogP contribution in [0.4, 0.5) is 5.95 Å². The third-order valence-electron chi connectivity index (χ3n) is 2.46. The third-order valence-corrected chi connectivity index (χ3v) is 2.94. The molecule has 100 valence electrons. The molecule has 2 N–H and O–H groups in total. The molecule has 0 saturated carbocycles. The summed E-state index contributed by atoms with van der Waals surface area (Å²) in [6, 6.07) is 2.96. The van der Waals surface area contributed by atoms with Gasteiger partial charge in [-0.2, -0.15) is 9.97 Å². The maximum Gasteiger partial charge on any atom is 0.258 e. The fourth-order valence-corrected chi connectivity index (χ4v) is 1.96. The van der Waals surface area contributed by atoms with Crippen LogP contribution in [-0.4, -0.2) is 30.8 Å². The molecular weight excluding hydrogens is 303 g/mol. The molecule has 0 unspecified atom stereocenters. The molecule has 0 aliphatic carbocycles. The summed E-state index contributed by atoms with van der Waals surface area (Å²) in [6.45, 7) is 0. The summed E-state index contributed by atoms with van der Waals surface area (Å²) < 4.78 is 0. The van der Waals surface area contributed by atoms with Crippen molar-refractivity contribution >= 4 is 46.2 Å². The van der Waals surface area contributed by atoms with E-state index in [1.54, 1.807) is 0 Å². The molecule has 20 heavy (non-hydrogen) atoms. The lowest BCUT2D eigenvalue weighted by molar-refractivity contribution is 0.102. The van der Waals surface area contributed by atoms with Crippen molar-refractivity contribution in [1.29, 1.82) is 0 Å². The van der Waals surface area contributed by atoms with E-state index in [2.05, 4.69) is 30.2 Å². The van der Waals surface area contributed by atoms with Crippen molar-refractivity contribution < 1.29 is 4.79 Å². The molecule has 3 heterocycles. The van der Waals surface area contributed by atoms with Crippen molar-refractivity contribution in [1.82, 2.24) is 24.9 Å². The summed E-state index contributed by atoms with van der Waals surface area (Å²) in [5, 5.41) is 2.92. The first kappa shape index (κ1) is 12.8. The summed E-state index contributed by atoms with van der Waals surface area (Å²) in [5.41, 5.74) is 1.22. The third kappa shape index (κ3) is 2.40. The normalized spacial score (nSPS) is 10.7. The standard InChI is InChI=1S/C11H6Cl2N6O/c12-6-3-5(1-2-14-6)10(20)19-11-17-8(13)7-9(18-11)16-4-15-7/h1-4H,(H2,15,16,17,18,19,20). The van der Waals surface area contributed by atoms with E-state index < -0.39 is 5.91 Å². The molecule has 0 spiro atoms. The molecule has 3 aromatic rings. The molecule has 7 nitrogen and oxygen atoms in total. The Morgan fingerprint density at radius 2 is 2.10 bits per heavy atom. The number of pyridine rings is 1. The maximum atomic E-state index is 12.0. The summed E-state index contributed by atoms with van der Waals surface area (Å²) in [4.78, 5) is 30.6. The van der Waals surface area contributed by atoms with E-state index in [4.69, 9.17) is 23.2 Å². The second-order valence-corrected chi connectivity index (χ2v) is 4.51. The fourth-order valence-electron chi connectivity index (χ4n) is 1.57. The summed E-state index contributed by atoms with van der Waals surface area (Å²) in [6.07, 6.45) is 2.88. The average molecular weight is 309 g/mol. The zero-order valence-electron chi connectivity index (χ0n) is 9.76. The number of halogens is 2. The number of carbonyl (C=O) groups is 1. The van der Waals surface area contributed by atoms with Crippen molar-refractivity contribution in [2.75, 3.05) is 5.32 Å². The first-order valence-corrected chi connectivity index (χ1v) is 6.18. The Bertz CT molecular complexity index is 802. The van der Waals surface area contributed by atoms with Crippen LogP contribution < -0.4 is 5.32 Å². The van der Waals surface area contributed by atoms with E-state index >= 15 is 0 Å². The molecule has 3 aromatic heterocycles. The highest BCUT2D eigenvalue weighted by Gasteiger charge is 2.12. The number of hydrogen-bond acceptors (Lipinski definition) is 5. The topological polar surface area (TPSA) is 96.5 Å². The quantitative estimate of drug-likeness (QED) is 0.559. The highest BCUT2D eigenvalue weighted by atomic mass is 35.5. The monoisotopic (exact) mass is 308 g/mol. The lowest BCUT2D eigenvalue weighted by Crippen LogP contribution is -2.14. The molecule has 0 radical (unpaired) electrons. The fraction of sp³-hybridized carbons (Fsp3) is 0. The number of fused-ring (bicyclic) bond motifs is 1. The first-order valence-electron chi connectivity index (χ1n) is 5.43. The van der Waals surface area contributed by atoms with E-state index in [9.17, 15) is 4.79 Å². The van der Waals surface area contributed by atoms with Gasteiger partial charge in [-0.3, -0.25) is 10.1 Å². The van der Waals surface area contributed by atoms with E-state index in [-0.39, 0.29) is 16.3 Å². The molecule has 0 aliphatic heterocycles. The van der Waals surface area contributed by atoms with E-state index in [1.165, 1.54) is 24.7 Å². The number of nitrogens with zero attached hydrogens (tertiary/aromatic N) is 4. The van der Waals surface area contributed by atoms with E-state index in [0.717, 1.165) is 0 Å². The Labute approximate surface area is 122 Å². The van der Waals surface area contributed by atoms with Gasteiger partial charge in [-0.15, -0.1) is 0 Å². The van der Waals surface area contributed by atoms with Gasteiger partial charge in [-0.05, 0) is 12.1 Å². The van der Waals surface area contributed by atoms with Crippen LogP contribution in [0.5, 0.6) is 0 Å². The Kier molecular flexibility index (Phi) is 3.21. The lowest BCUT2D eigenvalue weighted by Gasteiger charge is -2.04. The number of anilines is 1. The molecule has 0 bridgehead atoms. The number of imidazole rings is 1. The zero-order valence-corrected chi connectivity index (χ0v) is 11.3. The second kappa shape index (κ2) is 5.03. The highest BCUT2D eigenvalue weighted by molar-refractivity contribution is 6.33. The maximum absolute atomic E-state index is 12.0. The molecule has 0 aromatic carbocycles. The molecule has 9 heteroatoms. The second-order valence-electron chi connectivity index (χ2n) is 3.76. The molecule has 0 saturated heterocycles. The average Bonchev–Trinajstić information content (AvgIpc) is 2.87. The number of hydrogen-bond donors (Lipinski definition) is 2. The van der Waals surface area contributed by atoms with Crippen LogP contribution in [0.2, 0.25) is 10.3 Å². The predicted molar refractivity (Wildman–Crippen MR) is 73.9 cm³/mol. The van der Waals surface area contributed by atoms with Crippen LogP contribution >= 0.6 is 23.2 Å². The van der Waals surface area contributed by atoms with Crippen LogP contribution in [0, 0.1) is 0 Å². The first-order chi connectivity index (χ1) is 9.63. The van der Waals surface area contributed by atoms with Crippen molar-refractivity contribution in [3.05, 3.63) is 40.5 Å². The number of carbonyl (C=O) groups excluding carboxylic acids is 1. The van der Waals surface area contributed by atoms with Gasteiger partial charge in [-0.1, -0.05) is 23.2 Å². The minimum atomic E-state index is -0.416. The number of amides is 1. The smallest absolute Gasteiger partial charge is 0.258 e. The van der Waals surface area contributed by atoms with Gasteiger partial charge in [0.25, 0.3) is 5.91 Å². The van der Waals surface area contributed by atoms with Gasteiger partial charge in [0.1, 0.15) is 10.7 Å². The summed E-state index contributed by atoms with van der Waals surface area (Å²) in [5.74, 6) is -0.354. The van der Waals surface area contributed by atoms with Crippen LogP contribution in [-0.2, 0) is 0 Å². The van der Waals surface area contributed by atoms with Gasteiger partial charge in [0.2, 0.25) is 5.95 Å². The predicted octanol–water partition coefficient (Wildman–Crippen LogP) is 2.31. The van der Waals surface area contributed by atoms with Gasteiger partial charge < -0.3 is 4.98 Å². The number of aromatic nitrogens is 5. The SMILES string of the molecule is O=C(Nc1nc(Cl)c2[nH]cnc2n1)c1ccnc(Cl)c1. The lowest BCUT2D eigenvalue weighted by atomic mass is 10.2. The Balaban J connectivity index is 1.91. The van der Waals surface area contributed by atoms with Gasteiger partial charge in [0, 0.05) is 11.8 Å². The summed E-state index contributed by atoms with van der Waals surface area (Å²) >= 11 is 11.7. The van der Waals surface area contributed by atoms with Crippen LogP contribution in [0.1, 0.15) is 10.4 Å². The largest absolute Gasteiger partial charge is 0.341 e. The molecular formula is C11H6Cl2N6O. The van der Waals surface area contributed by atoms with Crippen LogP contribution in [0.3, 0.4) is 0 Å². The van der Waals surface area contributed by atoms with Crippen molar-refractivity contribution in [3.63, 3.8) is 0 Å². The highest BCUT2D eigenvalue weighted by Crippen LogP contribution is 2.18. The Morgan fingerprint density at radius 1 is 1.25 bits per heavy atom. The van der Waals surface area contributed by atoms with Gasteiger partial charge in [0.05, 0.1) is 6.33 Å². The number of H-pyrrole nitrogens is 1. The van der Waals surface area contributed by atoms with Crippen molar-refractivity contribution in [2.24, 2.45) is 0 Å². The van der Waals surface area contributed by atoms with Gasteiger partial charge in [0.15, 0.2) is 10.8 Å². The van der Waals surface area contributed by atoms with E-state index in [0.29, 0.717) is 16.7 Å². The molecule has 0 aliphatic rings. The number of aromatic amines is 1. The summed E-state index contributed by atoms with van der Waals surface area (Å²) in [7, 11) is 0. The van der Waals surface area contributed by atoms with Gasteiger partial charge in [-0.25, -0.2) is 9.97 Å². The Morgan fingerprint density at radius 3 is 2.90 bits per heavy atom. The molecule has 0 atom stereocenters. The number of nitrogens with one attached hydrogen (secondary N) is 2. The van der Waals surface area contributed by atoms with Crippen molar-refractivity contribution in [2.45, 2.75) is 0 Å². The van der Waals surface area contributed by atoms with Crippen LogP contribution in [0.15, 0.2) is 24.7 Å². The minimum Gasteiger partial charge on any atom is -0.341 e. The van der Waals surface area contributed by atoms with Gasteiger partial charge >= 0.3 is 0 Å². The van der Waals surface area contributed by atoms with Crippen molar-refractivity contribution in [3.8, 4) is 0 Å².